The number of carbonyl (C=O) groups is 1. The van der Waals surface area contributed by atoms with E-state index in [1.807, 2.05) is 0 Å². The van der Waals surface area contributed by atoms with Crippen molar-refractivity contribution in [2.45, 2.75) is 58.8 Å². The lowest BCUT2D eigenvalue weighted by Crippen LogP contribution is -2.26. The lowest BCUT2D eigenvalue weighted by molar-refractivity contribution is -0.121. The van der Waals surface area contributed by atoms with Crippen LogP contribution in [0.25, 0.3) is 0 Å². The largest absolute Gasteiger partial charge is 0.356 e. The van der Waals surface area contributed by atoms with Crippen LogP contribution in [0.15, 0.2) is 11.6 Å². The van der Waals surface area contributed by atoms with Gasteiger partial charge in [0.05, 0.1) is 0 Å². The van der Waals surface area contributed by atoms with Gasteiger partial charge < -0.3 is 11.1 Å². The first-order valence-corrected chi connectivity index (χ1v) is 7.78. The number of allylic oxidation sites excluding steroid dienone is 1. The van der Waals surface area contributed by atoms with Crippen molar-refractivity contribution in [2.75, 3.05) is 13.1 Å². The first kappa shape index (κ1) is 16.2. The molecule has 3 heteroatoms. The van der Waals surface area contributed by atoms with E-state index in [0.29, 0.717) is 18.3 Å². The summed E-state index contributed by atoms with van der Waals surface area (Å²) >= 11 is 0. The molecule has 1 atom stereocenters. The van der Waals surface area contributed by atoms with Crippen molar-refractivity contribution in [1.82, 2.24) is 5.32 Å². The summed E-state index contributed by atoms with van der Waals surface area (Å²) in [5.74, 6) is 1.38. The van der Waals surface area contributed by atoms with Crippen LogP contribution in [-0.2, 0) is 4.79 Å². The molecule has 110 valence electrons. The zero-order chi connectivity index (χ0) is 14.1. The second kappa shape index (κ2) is 9.13. The molecule has 3 N–H and O–H groups in total. The molecule has 0 aromatic heterocycles. The van der Waals surface area contributed by atoms with Gasteiger partial charge >= 0.3 is 0 Å². The Kier molecular flexibility index (Phi) is 7.80. The topological polar surface area (TPSA) is 55.1 Å². The molecule has 0 saturated heterocycles. The molecule has 3 nitrogen and oxygen atoms in total. The van der Waals surface area contributed by atoms with E-state index in [1.54, 1.807) is 0 Å². The molecule has 0 bridgehead atoms. The Morgan fingerprint density at radius 2 is 2.21 bits per heavy atom. The summed E-state index contributed by atoms with van der Waals surface area (Å²) in [6.45, 7) is 5.95. The SMILES string of the molecule is CC(C)C(CCN)CCC(=O)NCCC1=CCCC1. The molecule has 1 unspecified atom stereocenters. The molecule has 0 radical (unpaired) electrons. The third-order valence-electron chi connectivity index (χ3n) is 4.13. The molecule has 0 aromatic rings. The Bertz CT molecular complexity index is 297. The van der Waals surface area contributed by atoms with Crippen molar-refractivity contribution in [1.29, 1.82) is 0 Å². The van der Waals surface area contributed by atoms with Crippen molar-refractivity contribution >= 4 is 5.91 Å². The molecule has 0 aliphatic heterocycles. The highest BCUT2D eigenvalue weighted by Crippen LogP contribution is 2.21. The van der Waals surface area contributed by atoms with Crippen molar-refractivity contribution in [2.24, 2.45) is 17.6 Å². The third-order valence-corrected chi connectivity index (χ3v) is 4.13. The summed E-state index contributed by atoms with van der Waals surface area (Å²) in [5, 5.41) is 3.03. The first-order valence-electron chi connectivity index (χ1n) is 7.78. The summed E-state index contributed by atoms with van der Waals surface area (Å²) in [6, 6.07) is 0. The lowest BCUT2D eigenvalue weighted by Gasteiger charge is -2.19. The summed E-state index contributed by atoms with van der Waals surface area (Å²) in [6.07, 6.45) is 9.71. The second-order valence-corrected chi connectivity index (χ2v) is 5.97. The fourth-order valence-electron chi connectivity index (χ4n) is 2.76. The fourth-order valence-corrected chi connectivity index (χ4v) is 2.76. The van der Waals surface area contributed by atoms with Crippen LogP contribution in [0.2, 0.25) is 0 Å². The quantitative estimate of drug-likeness (QED) is 0.630. The van der Waals surface area contributed by atoms with Crippen molar-refractivity contribution in [3.63, 3.8) is 0 Å². The Morgan fingerprint density at radius 3 is 2.79 bits per heavy atom. The maximum atomic E-state index is 11.8. The van der Waals surface area contributed by atoms with E-state index in [0.717, 1.165) is 32.4 Å². The van der Waals surface area contributed by atoms with Gasteiger partial charge in [-0.05, 0) is 56.9 Å². The smallest absolute Gasteiger partial charge is 0.220 e. The molecule has 0 aromatic carbocycles. The predicted molar refractivity (Wildman–Crippen MR) is 80.8 cm³/mol. The van der Waals surface area contributed by atoms with Crippen LogP contribution in [-0.4, -0.2) is 19.0 Å². The Morgan fingerprint density at radius 1 is 1.42 bits per heavy atom. The zero-order valence-electron chi connectivity index (χ0n) is 12.6. The van der Waals surface area contributed by atoms with Crippen molar-refractivity contribution in [3.8, 4) is 0 Å². The van der Waals surface area contributed by atoms with Gasteiger partial charge in [-0.2, -0.15) is 0 Å². The van der Waals surface area contributed by atoms with Crippen LogP contribution in [0, 0.1) is 11.8 Å². The normalized spacial score (nSPS) is 16.5. The molecule has 1 aliphatic rings. The molecule has 1 rings (SSSR count). The van der Waals surface area contributed by atoms with Gasteiger partial charge in [0.25, 0.3) is 0 Å². The molecule has 1 amide bonds. The first-order chi connectivity index (χ1) is 9.13. The van der Waals surface area contributed by atoms with Crippen LogP contribution in [0.3, 0.4) is 0 Å². The highest BCUT2D eigenvalue weighted by molar-refractivity contribution is 5.75. The number of nitrogens with two attached hydrogens (primary N) is 1. The highest BCUT2D eigenvalue weighted by Gasteiger charge is 2.14. The number of hydrogen-bond acceptors (Lipinski definition) is 2. The van der Waals surface area contributed by atoms with Crippen molar-refractivity contribution in [3.05, 3.63) is 11.6 Å². The average Bonchev–Trinajstić information content (AvgIpc) is 2.87. The minimum atomic E-state index is 0.196. The van der Waals surface area contributed by atoms with E-state index in [2.05, 4.69) is 25.2 Å². The monoisotopic (exact) mass is 266 g/mol. The summed E-state index contributed by atoms with van der Waals surface area (Å²) in [7, 11) is 0. The van der Waals surface area contributed by atoms with E-state index in [-0.39, 0.29) is 5.91 Å². The lowest BCUT2D eigenvalue weighted by atomic mass is 9.88. The molecule has 1 aliphatic carbocycles. The number of nitrogens with one attached hydrogen (secondary N) is 1. The molecular formula is C16H30N2O. The van der Waals surface area contributed by atoms with E-state index >= 15 is 0 Å². The number of hydrogen-bond donors (Lipinski definition) is 2. The maximum absolute atomic E-state index is 11.8. The molecule has 0 spiro atoms. The van der Waals surface area contributed by atoms with Gasteiger partial charge in [-0.25, -0.2) is 0 Å². The molecular weight excluding hydrogens is 236 g/mol. The zero-order valence-corrected chi connectivity index (χ0v) is 12.6. The van der Waals surface area contributed by atoms with Gasteiger partial charge in [0.15, 0.2) is 0 Å². The van der Waals surface area contributed by atoms with E-state index in [1.165, 1.54) is 24.8 Å². The van der Waals surface area contributed by atoms with Crippen LogP contribution in [0.4, 0.5) is 0 Å². The highest BCUT2D eigenvalue weighted by atomic mass is 16.1. The number of rotatable bonds is 9. The van der Waals surface area contributed by atoms with Gasteiger partial charge in [0.2, 0.25) is 5.91 Å². The maximum Gasteiger partial charge on any atom is 0.220 e. The number of amides is 1. The van der Waals surface area contributed by atoms with Crippen LogP contribution in [0.5, 0.6) is 0 Å². The minimum absolute atomic E-state index is 0.196. The van der Waals surface area contributed by atoms with E-state index in [9.17, 15) is 4.79 Å². The molecule has 0 saturated carbocycles. The average molecular weight is 266 g/mol. The molecule has 0 heterocycles. The minimum Gasteiger partial charge on any atom is -0.356 e. The third kappa shape index (κ3) is 6.76. The molecule has 0 fully saturated rings. The Hall–Kier alpha value is -0.830. The van der Waals surface area contributed by atoms with Crippen LogP contribution >= 0.6 is 0 Å². The van der Waals surface area contributed by atoms with Gasteiger partial charge in [-0.3, -0.25) is 4.79 Å². The van der Waals surface area contributed by atoms with Gasteiger partial charge in [0.1, 0.15) is 0 Å². The Balaban J connectivity index is 2.12. The fraction of sp³-hybridized carbons (Fsp3) is 0.812. The van der Waals surface area contributed by atoms with Crippen LogP contribution < -0.4 is 11.1 Å². The van der Waals surface area contributed by atoms with E-state index < -0.39 is 0 Å². The summed E-state index contributed by atoms with van der Waals surface area (Å²) in [5.41, 5.74) is 7.13. The number of carbonyl (C=O) groups excluding carboxylic acids is 1. The Labute approximate surface area is 118 Å². The van der Waals surface area contributed by atoms with E-state index in [4.69, 9.17) is 5.73 Å². The summed E-state index contributed by atoms with van der Waals surface area (Å²) in [4.78, 5) is 11.8. The van der Waals surface area contributed by atoms with Gasteiger partial charge in [-0.15, -0.1) is 0 Å². The standard InChI is InChI=1S/C16H30N2O/c1-13(2)15(9-11-17)7-8-16(19)18-12-10-14-5-3-4-6-14/h5,13,15H,3-4,6-12,17H2,1-2H3,(H,18,19). The van der Waals surface area contributed by atoms with Gasteiger partial charge in [0, 0.05) is 13.0 Å². The summed E-state index contributed by atoms with van der Waals surface area (Å²) < 4.78 is 0. The predicted octanol–water partition coefficient (Wildman–Crippen LogP) is 3.00. The molecule has 19 heavy (non-hydrogen) atoms. The second-order valence-electron chi connectivity index (χ2n) is 5.97. The van der Waals surface area contributed by atoms with Crippen molar-refractivity contribution < 1.29 is 4.79 Å². The van der Waals surface area contributed by atoms with Crippen LogP contribution in [0.1, 0.15) is 58.8 Å². The van der Waals surface area contributed by atoms with Gasteiger partial charge in [-0.1, -0.05) is 25.5 Å².